The summed E-state index contributed by atoms with van der Waals surface area (Å²) in [6.45, 7) is 1.46. The highest BCUT2D eigenvalue weighted by Gasteiger charge is 2.15. The van der Waals surface area contributed by atoms with Crippen LogP contribution >= 0.6 is 11.8 Å². The Morgan fingerprint density at radius 2 is 2.20 bits per heavy atom. The lowest BCUT2D eigenvalue weighted by Gasteiger charge is -2.10. The van der Waals surface area contributed by atoms with Crippen LogP contribution in [0.3, 0.4) is 0 Å². The van der Waals surface area contributed by atoms with Gasteiger partial charge in [0.1, 0.15) is 11.6 Å². The lowest BCUT2D eigenvalue weighted by molar-refractivity contribution is 0.101. The molecule has 0 saturated heterocycles. The number of carbonyl (C=O) groups is 1. The van der Waals surface area contributed by atoms with Gasteiger partial charge in [-0.05, 0) is 19.1 Å². The zero-order valence-electron chi connectivity index (χ0n) is 11.0. The van der Waals surface area contributed by atoms with Crippen LogP contribution < -0.4 is 16.0 Å². The summed E-state index contributed by atoms with van der Waals surface area (Å²) in [7, 11) is 1.50. The lowest BCUT2D eigenvalue weighted by Crippen LogP contribution is -2.09. The van der Waals surface area contributed by atoms with Crippen molar-refractivity contribution in [1.82, 2.24) is 9.97 Å². The average molecular weight is 291 g/mol. The Labute approximate surface area is 119 Å². The third-order valence-corrected chi connectivity index (χ3v) is 3.45. The van der Waals surface area contributed by atoms with Crippen molar-refractivity contribution in [3.63, 3.8) is 0 Å². The van der Waals surface area contributed by atoms with E-state index >= 15 is 0 Å². The lowest BCUT2D eigenvalue weighted by atomic mass is 10.1. The molecule has 6 nitrogen and oxygen atoms in total. The van der Waals surface area contributed by atoms with Crippen molar-refractivity contribution in [1.29, 1.82) is 0 Å². The Bertz CT molecular complexity index is 712. The molecule has 0 aliphatic rings. The average Bonchev–Trinajstić information content (AvgIpc) is 2.36. The van der Waals surface area contributed by atoms with Gasteiger partial charge in [0.05, 0.1) is 12.7 Å². The smallest absolute Gasteiger partial charge is 0.253 e. The highest BCUT2D eigenvalue weighted by Crippen LogP contribution is 2.33. The number of hydrogen-bond acceptors (Lipinski definition) is 6. The third-order valence-electron chi connectivity index (χ3n) is 2.51. The summed E-state index contributed by atoms with van der Waals surface area (Å²) >= 11 is 1.15. The largest absolute Gasteiger partial charge is 0.496 e. The Kier molecular flexibility index (Phi) is 4.09. The maximum absolute atomic E-state index is 11.8. The topological polar surface area (TPSA) is 98.1 Å². The minimum absolute atomic E-state index is 0.128. The molecule has 0 saturated carbocycles. The van der Waals surface area contributed by atoms with Gasteiger partial charge >= 0.3 is 0 Å². The van der Waals surface area contributed by atoms with E-state index in [2.05, 4.69) is 9.97 Å². The number of anilines is 1. The number of benzene rings is 1. The second-order valence-electron chi connectivity index (χ2n) is 3.97. The molecule has 0 amide bonds. The molecular weight excluding hydrogens is 278 g/mol. The fourth-order valence-electron chi connectivity index (χ4n) is 1.72. The fourth-order valence-corrected chi connectivity index (χ4v) is 2.72. The number of methoxy groups -OCH3 is 1. The summed E-state index contributed by atoms with van der Waals surface area (Å²) in [4.78, 5) is 30.3. The predicted octanol–water partition coefficient (Wildman–Crippen LogP) is 1.71. The van der Waals surface area contributed by atoms with Gasteiger partial charge in [-0.15, -0.1) is 0 Å². The van der Waals surface area contributed by atoms with E-state index in [9.17, 15) is 9.59 Å². The zero-order valence-corrected chi connectivity index (χ0v) is 11.8. The molecule has 2 rings (SSSR count). The van der Waals surface area contributed by atoms with E-state index in [0.29, 0.717) is 21.4 Å². The van der Waals surface area contributed by atoms with Crippen molar-refractivity contribution in [3.8, 4) is 5.75 Å². The van der Waals surface area contributed by atoms with Crippen LogP contribution in [0.15, 0.2) is 39.1 Å². The number of nitrogens with one attached hydrogen (secondary N) is 1. The van der Waals surface area contributed by atoms with Crippen molar-refractivity contribution in [2.24, 2.45) is 0 Å². The molecule has 0 spiro atoms. The Morgan fingerprint density at radius 3 is 2.80 bits per heavy atom. The fraction of sp³-hybridized carbons (Fsp3) is 0.154. The second-order valence-corrected chi connectivity index (χ2v) is 5.00. The quantitative estimate of drug-likeness (QED) is 0.657. The minimum atomic E-state index is -0.340. The van der Waals surface area contributed by atoms with Crippen LogP contribution in [0.1, 0.15) is 17.3 Å². The van der Waals surface area contributed by atoms with Gasteiger partial charge in [0.15, 0.2) is 10.9 Å². The van der Waals surface area contributed by atoms with Crippen LogP contribution in [0.25, 0.3) is 0 Å². The molecule has 0 aliphatic heterocycles. The molecule has 0 bridgehead atoms. The first-order chi connectivity index (χ1) is 9.51. The molecule has 20 heavy (non-hydrogen) atoms. The van der Waals surface area contributed by atoms with Gasteiger partial charge < -0.3 is 15.5 Å². The number of aromatic nitrogens is 2. The van der Waals surface area contributed by atoms with Crippen molar-refractivity contribution >= 4 is 23.4 Å². The Hall–Kier alpha value is -2.28. The SMILES string of the molecule is COc1cccc(Sc2nc(N)cc(=O)[nH]2)c1C(C)=O. The van der Waals surface area contributed by atoms with Crippen LogP contribution in [-0.4, -0.2) is 22.9 Å². The number of carbonyl (C=O) groups excluding carboxylic acids is 1. The van der Waals surface area contributed by atoms with Gasteiger partial charge in [0.2, 0.25) is 0 Å². The maximum Gasteiger partial charge on any atom is 0.253 e. The summed E-state index contributed by atoms with van der Waals surface area (Å²) in [5.74, 6) is 0.480. The van der Waals surface area contributed by atoms with E-state index < -0.39 is 0 Å². The first kappa shape index (κ1) is 14.1. The van der Waals surface area contributed by atoms with Gasteiger partial charge in [0.25, 0.3) is 5.56 Å². The molecule has 0 radical (unpaired) electrons. The van der Waals surface area contributed by atoms with E-state index in [0.717, 1.165) is 11.8 Å². The summed E-state index contributed by atoms with van der Waals surface area (Å²) < 4.78 is 5.18. The summed E-state index contributed by atoms with van der Waals surface area (Å²) in [5, 5.41) is 0.325. The highest BCUT2D eigenvalue weighted by atomic mass is 32.2. The van der Waals surface area contributed by atoms with E-state index in [1.807, 2.05) is 0 Å². The number of hydrogen-bond donors (Lipinski definition) is 2. The summed E-state index contributed by atoms with van der Waals surface area (Å²) in [6, 6.07) is 6.42. The van der Waals surface area contributed by atoms with Crippen LogP contribution in [0.5, 0.6) is 5.75 Å². The number of aromatic amines is 1. The van der Waals surface area contributed by atoms with Gasteiger partial charge in [0, 0.05) is 11.0 Å². The molecule has 2 aromatic rings. The standard InChI is InChI=1S/C13H13N3O3S/c1-7(17)12-8(19-2)4-3-5-9(12)20-13-15-10(14)6-11(18)16-13/h3-6H,1-2H3,(H3,14,15,16,18). The number of nitrogens with two attached hydrogens (primary N) is 1. The first-order valence-electron chi connectivity index (χ1n) is 5.74. The molecule has 0 unspecified atom stereocenters. The van der Waals surface area contributed by atoms with Crippen molar-refractivity contribution in [3.05, 3.63) is 40.2 Å². The molecular formula is C13H13N3O3S. The zero-order chi connectivity index (χ0) is 14.7. The number of ketones is 1. The molecule has 7 heteroatoms. The number of ether oxygens (including phenoxy) is 1. The van der Waals surface area contributed by atoms with Crippen molar-refractivity contribution in [2.45, 2.75) is 17.0 Å². The van der Waals surface area contributed by atoms with Gasteiger partial charge in [-0.2, -0.15) is 0 Å². The highest BCUT2D eigenvalue weighted by molar-refractivity contribution is 7.99. The van der Waals surface area contributed by atoms with Gasteiger partial charge in [-0.25, -0.2) is 4.98 Å². The van der Waals surface area contributed by atoms with E-state index in [1.54, 1.807) is 18.2 Å². The van der Waals surface area contributed by atoms with Crippen molar-refractivity contribution < 1.29 is 9.53 Å². The third kappa shape index (κ3) is 3.00. The molecule has 0 atom stereocenters. The molecule has 1 heterocycles. The number of H-pyrrole nitrogens is 1. The van der Waals surface area contributed by atoms with Gasteiger partial charge in [-0.3, -0.25) is 9.59 Å². The van der Waals surface area contributed by atoms with E-state index in [-0.39, 0.29) is 17.2 Å². The van der Waals surface area contributed by atoms with Crippen LogP contribution in [0.2, 0.25) is 0 Å². The van der Waals surface area contributed by atoms with Crippen LogP contribution in [0.4, 0.5) is 5.82 Å². The summed E-state index contributed by atoms with van der Waals surface area (Å²) in [5.41, 5.74) is 5.64. The molecule has 3 N–H and O–H groups in total. The number of nitrogens with zero attached hydrogens (tertiary/aromatic N) is 1. The molecule has 104 valence electrons. The Balaban J connectivity index is 2.48. The maximum atomic E-state index is 11.8. The normalized spacial score (nSPS) is 10.3. The summed E-state index contributed by atoms with van der Waals surface area (Å²) in [6.07, 6.45) is 0. The minimum Gasteiger partial charge on any atom is -0.496 e. The van der Waals surface area contributed by atoms with E-state index in [1.165, 1.54) is 20.1 Å². The molecule has 0 fully saturated rings. The molecule has 1 aromatic heterocycles. The second kappa shape index (κ2) is 5.79. The van der Waals surface area contributed by atoms with Crippen LogP contribution in [0, 0.1) is 0 Å². The number of Topliss-reactive ketones (excluding diaryl/α,β-unsaturated/α-hetero) is 1. The Morgan fingerprint density at radius 1 is 1.45 bits per heavy atom. The predicted molar refractivity (Wildman–Crippen MR) is 76.4 cm³/mol. The molecule has 1 aromatic carbocycles. The number of nitrogen functional groups attached to an aromatic ring is 1. The first-order valence-corrected chi connectivity index (χ1v) is 6.55. The van der Waals surface area contributed by atoms with Crippen molar-refractivity contribution in [2.75, 3.05) is 12.8 Å². The van der Waals surface area contributed by atoms with E-state index in [4.69, 9.17) is 10.5 Å². The monoisotopic (exact) mass is 291 g/mol. The number of rotatable bonds is 4. The molecule has 0 aliphatic carbocycles. The van der Waals surface area contributed by atoms with Crippen LogP contribution in [-0.2, 0) is 0 Å². The van der Waals surface area contributed by atoms with Gasteiger partial charge in [-0.1, -0.05) is 17.8 Å².